The van der Waals surface area contributed by atoms with Crippen molar-refractivity contribution in [2.45, 2.75) is 45.6 Å². The van der Waals surface area contributed by atoms with Crippen LogP contribution in [0.1, 0.15) is 40.0 Å². The fraction of sp³-hybridized carbons (Fsp3) is 0.800. The first kappa shape index (κ1) is 21.2. The van der Waals surface area contributed by atoms with E-state index in [0.717, 1.165) is 5.06 Å². The molecule has 0 heterocycles. The van der Waals surface area contributed by atoms with Crippen LogP contribution in [0.15, 0.2) is 4.99 Å². The second-order valence-corrected chi connectivity index (χ2v) is 6.18. The summed E-state index contributed by atoms with van der Waals surface area (Å²) in [4.78, 5) is 33.0. The van der Waals surface area contributed by atoms with Crippen molar-refractivity contribution < 1.29 is 19.2 Å². The van der Waals surface area contributed by atoms with Crippen LogP contribution in [0.25, 0.3) is 0 Å². The summed E-state index contributed by atoms with van der Waals surface area (Å²) in [5, 5.41) is 4.05. The Labute approximate surface area is 138 Å². The predicted octanol–water partition coefficient (Wildman–Crippen LogP) is 0.669. The van der Waals surface area contributed by atoms with E-state index in [-0.39, 0.29) is 12.3 Å². The van der Waals surface area contributed by atoms with E-state index < -0.39 is 17.5 Å². The number of amides is 1. The standard InChI is InChI=1S/C15H30N4O4/c1-15(2,3)23-12(20)10-11(13(21)19(5)22-6)8-7-9-18-14(16)17-4/h11H,7-10H2,1-6H3,(H3,16,17,18)/t11-/m1/s1. The first-order valence-corrected chi connectivity index (χ1v) is 7.60. The van der Waals surface area contributed by atoms with Gasteiger partial charge in [0.25, 0.3) is 0 Å². The zero-order valence-corrected chi connectivity index (χ0v) is 15.0. The summed E-state index contributed by atoms with van der Waals surface area (Å²) in [6, 6.07) is 0. The molecule has 1 atom stereocenters. The summed E-state index contributed by atoms with van der Waals surface area (Å²) in [6.45, 7) is 5.94. The van der Waals surface area contributed by atoms with Crippen molar-refractivity contribution in [3.63, 3.8) is 0 Å². The molecule has 3 N–H and O–H groups in total. The lowest BCUT2D eigenvalue weighted by atomic mass is 9.98. The first-order chi connectivity index (χ1) is 10.6. The van der Waals surface area contributed by atoms with Gasteiger partial charge in [0.2, 0.25) is 5.91 Å². The van der Waals surface area contributed by atoms with E-state index in [1.54, 1.807) is 27.8 Å². The molecule has 0 unspecified atom stereocenters. The largest absolute Gasteiger partial charge is 0.460 e. The highest BCUT2D eigenvalue weighted by Crippen LogP contribution is 2.18. The van der Waals surface area contributed by atoms with E-state index in [4.69, 9.17) is 15.3 Å². The third-order valence-corrected chi connectivity index (χ3v) is 3.04. The van der Waals surface area contributed by atoms with Gasteiger partial charge in [-0.05, 0) is 33.6 Å². The van der Waals surface area contributed by atoms with Gasteiger partial charge in [-0.1, -0.05) is 0 Å². The van der Waals surface area contributed by atoms with Crippen LogP contribution >= 0.6 is 0 Å². The number of carbonyl (C=O) groups is 2. The van der Waals surface area contributed by atoms with Crippen LogP contribution in [0.4, 0.5) is 0 Å². The van der Waals surface area contributed by atoms with Gasteiger partial charge in [-0.2, -0.15) is 0 Å². The van der Waals surface area contributed by atoms with E-state index in [0.29, 0.717) is 25.3 Å². The van der Waals surface area contributed by atoms with Gasteiger partial charge < -0.3 is 15.8 Å². The molecule has 0 aliphatic carbocycles. The number of hydrogen-bond donors (Lipinski definition) is 2. The predicted molar refractivity (Wildman–Crippen MR) is 88.5 cm³/mol. The van der Waals surface area contributed by atoms with Crippen molar-refractivity contribution >= 4 is 17.8 Å². The molecular formula is C15H30N4O4. The van der Waals surface area contributed by atoms with E-state index >= 15 is 0 Å². The minimum atomic E-state index is -0.578. The van der Waals surface area contributed by atoms with Crippen molar-refractivity contribution in [3.8, 4) is 0 Å². The third kappa shape index (κ3) is 9.72. The number of nitrogens with zero attached hydrogens (tertiary/aromatic N) is 2. The van der Waals surface area contributed by atoms with Gasteiger partial charge in [0.15, 0.2) is 5.96 Å². The number of rotatable bonds is 8. The Bertz CT molecular complexity index is 418. The molecule has 8 heteroatoms. The highest BCUT2D eigenvalue weighted by atomic mass is 16.7. The van der Waals surface area contributed by atoms with E-state index in [1.165, 1.54) is 14.2 Å². The maximum absolute atomic E-state index is 12.3. The Hall–Kier alpha value is -1.83. The zero-order chi connectivity index (χ0) is 18.0. The number of ether oxygens (including phenoxy) is 1. The SMILES string of the molecule is CN=C(N)NCCC[C@H](CC(=O)OC(C)(C)C)C(=O)N(C)OC. The Morgan fingerprint density at radius 1 is 1.35 bits per heavy atom. The first-order valence-electron chi connectivity index (χ1n) is 7.60. The molecule has 1 amide bonds. The van der Waals surface area contributed by atoms with Crippen molar-refractivity contribution in [1.82, 2.24) is 10.4 Å². The summed E-state index contributed by atoms with van der Waals surface area (Å²) >= 11 is 0. The van der Waals surface area contributed by atoms with Gasteiger partial charge >= 0.3 is 5.97 Å². The van der Waals surface area contributed by atoms with E-state index in [1.807, 2.05) is 0 Å². The fourth-order valence-electron chi connectivity index (χ4n) is 1.89. The molecule has 0 aliphatic rings. The fourth-order valence-corrected chi connectivity index (χ4v) is 1.89. The monoisotopic (exact) mass is 330 g/mol. The van der Waals surface area contributed by atoms with Crippen LogP contribution in [0.5, 0.6) is 0 Å². The summed E-state index contributed by atoms with van der Waals surface area (Å²) in [7, 11) is 4.51. The number of guanidine groups is 1. The number of aliphatic imine (C=N–C) groups is 1. The average molecular weight is 330 g/mol. The number of carbonyl (C=O) groups excluding carboxylic acids is 2. The topological polar surface area (TPSA) is 106 Å². The van der Waals surface area contributed by atoms with Crippen molar-refractivity contribution in [2.24, 2.45) is 16.6 Å². The summed E-state index contributed by atoms with van der Waals surface area (Å²) in [6.07, 6.45) is 1.18. The summed E-state index contributed by atoms with van der Waals surface area (Å²) in [5.74, 6) is -0.816. The van der Waals surface area contributed by atoms with Crippen LogP contribution in [0.3, 0.4) is 0 Å². The molecular weight excluding hydrogens is 300 g/mol. The molecule has 0 fully saturated rings. The lowest BCUT2D eigenvalue weighted by Crippen LogP contribution is -2.36. The van der Waals surface area contributed by atoms with Crippen molar-refractivity contribution in [1.29, 1.82) is 0 Å². The van der Waals surface area contributed by atoms with Crippen molar-refractivity contribution in [2.75, 3.05) is 27.7 Å². The van der Waals surface area contributed by atoms with Gasteiger partial charge in [-0.25, -0.2) is 5.06 Å². The Morgan fingerprint density at radius 2 is 1.96 bits per heavy atom. The molecule has 0 spiro atoms. The van der Waals surface area contributed by atoms with Crippen LogP contribution in [-0.4, -0.2) is 56.3 Å². The normalized spacial score (nSPS) is 13.4. The van der Waals surface area contributed by atoms with Gasteiger partial charge in [0.05, 0.1) is 19.4 Å². The molecule has 8 nitrogen and oxygen atoms in total. The zero-order valence-electron chi connectivity index (χ0n) is 15.0. The van der Waals surface area contributed by atoms with Crippen LogP contribution in [0, 0.1) is 5.92 Å². The highest BCUT2D eigenvalue weighted by Gasteiger charge is 2.27. The highest BCUT2D eigenvalue weighted by molar-refractivity contribution is 5.83. The van der Waals surface area contributed by atoms with Gasteiger partial charge in [0.1, 0.15) is 5.60 Å². The second kappa shape index (κ2) is 10.0. The Balaban J connectivity index is 4.63. The molecule has 0 aromatic rings. The number of hydroxylamine groups is 2. The number of hydrogen-bond acceptors (Lipinski definition) is 5. The maximum atomic E-state index is 12.3. The second-order valence-electron chi connectivity index (χ2n) is 6.18. The lowest BCUT2D eigenvalue weighted by Gasteiger charge is -2.24. The molecule has 0 aliphatic heterocycles. The minimum Gasteiger partial charge on any atom is -0.460 e. The Kier molecular flexibility index (Phi) is 9.24. The minimum absolute atomic E-state index is 0.0150. The molecule has 0 rings (SSSR count). The van der Waals surface area contributed by atoms with Gasteiger partial charge in [0, 0.05) is 20.6 Å². The maximum Gasteiger partial charge on any atom is 0.307 e. The van der Waals surface area contributed by atoms with Crippen LogP contribution in [0.2, 0.25) is 0 Å². The molecule has 0 aromatic heterocycles. The van der Waals surface area contributed by atoms with Gasteiger partial charge in [-0.15, -0.1) is 0 Å². The lowest BCUT2D eigenvalue weighted by molar-refractivity contribution is -0.177. The van der Waals surface area contributed by atoms with Crippen LogP contribution < -0.4 is 11.1 Å². The number of nitrogens with one attached hydrogen (secondary N) is 1. The summed E-state index contributed by atoms with van der Waals surface area (Å²) < 4.78 is 5.29. The van der Waals surface area contributed by atoms with Crippen LogP contribution in [-0.2, 0) is 19.2 Å². The molecule has 0 saturated heterocycles. The van der Waals surface area contributed by atoms with Crippen molar-refractivity contribution in [3.05, 3.63) is 0 Å². The molecule has 23 heavy (non-hydrogen) atoms. The van der Waals surface area contributed by atoms with E-state index in [2.05, 4.69) is 10.3 Å². The summed E-state index contributed by atoms with van der Waals surface area (Å²) in [5.41, 5.74) is 4.96. The number of nitrogens with two attached hydrogens (primary N) is 1. The third-order valence-electron chi connectivity index (χ3n) is 3.04. The molecule has 0 bridgehead atoms. The molecule has 0 aromatic carbocycles. The quantitative estimate of drug-likeness (QED) is 0.223. The van der Waals surface area contributed by atoms with Gasteiger partial charge in [-0.3, -0.25) is 19.4 Å². The van der Waals surface area contributed by atoms with E-state index in [9.17, 15) is 9.59 Å². The smallest absolute Gasteiger partial charge is 0.307 e. The molecule has 0 saturated carbocycles. The molecule has 134 valence electrons. The Morgan fingerprint density at radius 3 is 2.43 bits per heavy atom. The average Bonchev–Trinajstić information content (AvgIpc) is 2.46. The number of esters is 1. The molecule has 0 radical (unpaired) electrons.